The Bertz CT molecular complexity index is 725. The zero-order chi connectivity index (χ0) is 19.1. The molecule has 0 saturated carbocycles. The maximum absolute atomic E-state index is 14.0. The molecule has 1 aliphatic rings. The Labute approximate surface area is 161 Å². The number of para-hydroxylation sites is 1. The lowest BCUT2D eigenvalue weighted by atomic mass is 10.0. The molecule has 5 heteroatoms. The average molecular weight is 372 g/mol. The summed E-state index contributed by atoms with van der Waals surface area (Å²) in [7, 11) is 2.14. The van der Waals surface area contributed by atoms with Crippen LogP contribution in [0.4, 0.5) is 4.39 Å². The van der Waals surface area contributed by atoms with Crippen LogP contribution in [-0.2, 0) is 13.1 Å². The van der Waals surface area contributed by atoms with Gasteiger partial charge in [0.1, 0.15) is 18.2 Å². The second-order valence-electron chi connectivity index (χ2n) is 7.22. The molecule has 4 nitrogen and oxygen atoms in total. The summed E-state index contributed by atoms with van der Waals surface area (Å²) in [5.74, 6) is 0.709. The second kappa shape index (κ2) is 9.83. The molecular formula is C22H29FN2O2. The zero-order valence-electron chi connectivity index (χ0n) is 16.0. The van der Waals surface area contributed by atoms with E-state index in [1.165, 1.54) is 6.07 Å². The number of ether oxygens (including phenoxy) is 1. The van der Waals surface area contributed by atoms with Crippen LogP contribution in [0, 0.1) is 5.82 Å². The standard InChI is InChI=1S/C22H29FN2O2/c1-24(15-19-8-3-5-11-22(19)27-14-13-26)20-9-6-12-25(17-20)16-18-7-2-4-10-21(18)23/h2-5,7-8,10-11,20,26H,6,9,12-17H2,1H3/t20-/m1/s1. The van der Waals surface area contributed by atoms with Crippen molar-refractivity contribution in [1.29, 1.82) is 0 Å². The van der Waals surface area contributed by atoms with Crippen LogP contribution in [0.25, 0.3) is 0 Å². The number of halogens is 1. The topological polar surface area (TPSA) is 35.9 Å². The zero-order valence-corrected chi connectivity index (χ0v) is 16.0. The monoisotopic (exact) mass is 372 g/mol. The molecule has 0 amide bonds. The Morgan fingerprint density at radius 3 is 2.67 bits per heavy atom. The summed E-state index contributed by atoms with van der Waals surface area (Å²) in [6.45, 7) is 3.71. The van der Waals surface area contributed by atoms with E-state index in [2.05, 4.69) is 22.9 Å². The second-order valence-corrected chi connectivity index (χ2v) is 7.22. The summed E-state index contributed by atoms with van der Waals surface area (Å²) in [6, 6.07) is 15.5. The predicted octanol–water partition coefficient (Wildman–Crippen LogP) is 3.29. The Hall–Kier alpha value is -1.95. The van der Waals surface area contributed by atoms with Gasteiger partial charge in [0.2, 0.25) is 0 Å². The van der Waals surface area contributed by atoms with E-state index in [9.17, 15) is 4.39 Å². The minimum atomic E-state index is -0.122. The molecule has 0 aromatic heterocycles. The van der Waals surface area contributed by atoms with Crippen LogP contribution in [0.3, 0.4) is 0 Å². The Balaban J connectivity index is 1.60. The average Bonchev–Trinajstić information content (AvgIpc) is 2.69. The van der Waals surface area contributed by atoms with Crippen LogP contribution >= 0.6 is 0 Å². The minimum Gasteiger partial charge on any atom is -0.491 e. The quantitative estimate of drug-likeness (QED) is 0.771. The summed E-state index contributed by atoms with van der Waals surface area (Å²) in [5, 5.41) is 9.01. The third kappa shape index (κ3) is 5.51. The van der Waals surface area contributed by atoms with Gasteiger partial charge in [-0.15, -0.1) is 0 Å². The molecule has 0 spiro atoms. The van der Waals surface area contributed by atoms with Crippen LogP contribution in [0.1, 0.15) is 24.0 Å². The fourth-order valence-electron chi connectivity index (χ4n) is 3.73. The first kappa shape index (κ1) is 19.8. The summed E-state index contributed by atoms with van der Waals surface area (Å²) < 4.78 is 19.6. The lowest BCUT2D eigenvalue weighted by Crippen LogP contribution is -2.45. The number of nitrogens with zero attached hydrogens (tertiary/aromatic N) is 2. The van der Waals surface area contributed by atoms with Crippen molar-refractivity contribution in [3.8, 4) is 5.75 Å². The first-order chi connectivity index (χ1) is 13.2. The number of aliphatic hydroxyl groups is 1. The van der Waals surface area contributed by atoms with Crippen LogP contribution < -0.4 is 4.74 Å². The molecule has 0 unspecified atom stereocenters. The van der Waals surface area contributed by atoms with E-state index < -0.39 is 0 Å². The van der Waals surface area contributed by atoms with Crippen molar-refractivity contribution >= 4 is 0 Å². The van der Waals surface area contributed by atoms with Gasteiger partial charge in [-0.25, -0.2) is 4.39 Å². The number of piperidine rings is 1. The van der Waals surface area contributed by atoms with E-state index in [0.29, 0.717) is 19.2 Å². The van der Waals surface area contributed by atoms with Gasteiger partial charge < -0.3 is 9.84 Å². The fourth-order valence-corrected chi connectivity index (χ4v) is 3.73. The predicted molar refractivity (Wildman–Crippen MR) is 105 cm³/mol. The van der Waals surface area contributed by atoms with Crippen molar-refractivity contribution < 1.29 is 14.2 Å². The Kier molecular flexibility index (Phi) is 7.21. The normalized spacial score (nSPS) is 18.0. The number of aliphatic hydroxyl groups excluding tert-OH is 1. The Morgan fingerprint density at radius 2 is 1.89 bits per heavy atom. The van der Waals surface area contributed by atoms with E-state index in [1.54, 1.807) is 6.07 Å². The molecule has 146 valence electrons. The van der Waals surface area contributed by atoms with Crippen molar-refractivity contribution in [1.82, 2.24) is 9.80 Å². The summed E-state index contributed by atoms with van der Waals surface area (Å²) in [5.41, 5.74) is 1.89. The van der Waals surface area contributed by atoms with Gasteiger partial charge in [-0.05, 0) is 38.6 Å². The van der Waals surface area contributed by atoms with E-state index in [0.717, 1.165) is 49.4 Å². The highest BCUT2D eigenvalue weighted by atomic mass is 19.1. The van der Waals surface area contributed by atoms with Crippen molar-refractivity contribution in [3.05, 3.63) is 65.5 Å². The molecule has 2 aromatic rings. The lowest BCUT2D eigenvalue weighted by molar-refractivity contribution is 0.105. The molecule has 1 saturated heterocycles. The molecule has 0 bridgehead atoms. The maximum atomic E-state index is 14.0. The van der Waals surface area contributed by atoms with E-state index in [1.807, 2.05) is 30.3 Å². The molecule has 1 fully saturated rings. The maximum Gasteiger partial charge on any atom is 0.127 e. The van der Waals surface area contributed by atoms with Crippen LogP contribution in [-0.4, -0.2) is 54.3 Å². The SMILES string of the molecule is CN(Cc1ccccc1OCCO)[C@@H]1CCCN(Cc2ccccc2F)C1. The van der Waals surface area contributed by atoms with E-state index in [-0.39, 0.29) is 12.4 Å². The number of hydrogen-bond donors (Lipinski definition) is 1. The number of hydrogen-bond acceptors (Lipinski definition) is 4. The number of likely N-dealkylation sites (tertiary alicyclic amines) is 1. The number of likely N-dealkylation sites (N-methyl/N-ethyl adjacent to an activating group) is 1. The van der Waals surface area contributed by atoms with Crippen molar-refractivity contribution in [2.24, 2.45) is 0 Å². The molecule has 0 aliphatic carbocycles. The van der Waals surface area contributed by atoms with Gasteiger partial charge >= 0.3 is 0 Å². The largest absolute Gasteiger partial charge is 0.491 e. The van der Waals surface area contributed by atoms with Gasteiger partial charge in [0.05, 0.1) is 6.61 Å². The van der Waals surface area contributed by atoms with Crippen LogP contribution in [0.5, 0.6) is 5.75 Å². The minimum absolute atomic E-state index is 0.0117. The molecular weight excluding hydrogens is 343 g/mol. The molecule has 2 aromatic carbocycles. The summed E-state index contributed by atoms with van der Waals surface area (Å²) in [6.07, 6.45) is 2.26. The van der Waals surface area contributed by atoms with Crippen LogP contribution in [0.2, 0.25) is 0 Å². The first-order valence-corrected chi connectivity index (χ1v) is 9.65. The van der Waals surface area contributed by atoms with Gasteiger partial charge in [0, 0.05) is 36.8 Å². The summed E-state index contributed by atoms with van der Waals surface area (Å²) in [4.78, 5) is 4.70. The van der Waals surface area contributed by atoms with Crippen molar-refractivity contribution in [2.45, 2.75) is 32.0 Å². The van der Waals surface area contributed by atoms with Gasteiger partial charge in [0.15, 0.2) is 0 Å². The van der Waals surface area contributed by atoms with Crippen molar-refractivity contribution in [2.75, 3.05) is 33.4 Å². The molecule has 1 aliphatic heterocycles. The summed E-state index contributed by atoms with van der Waals surface area (Å²) >= 11 is 0. The highest BCUT2D eigenvalue weighted by Gasteiger charge is 2.24. The molecule has 0 radical (unpaired) electrons. The molecule has 3 rings (SSSR count). The van der Waals surface area contributed by atoms with E-state index in [4.69, 9.17) is 9.84 Å². The number of benzene rings is 2. The Morgan fingerprint density at radius 1 is 1.15 bits per heavy atom. The smallest absolute Gasteiger partial charge is 0.127 e. The third-order valence-electron chi connectivity index (χ3n) is 5.20. The van der Waals surface area contributed by atoms with Gasteiger partial charge in [-0.1, -0.05) is 36.4 Å². The molecule has 1 N–H and O–H groups in total. The number of rotatable bonds is 8. The highest BCUT2D eigenvalue weighted by molar-refractivity contribution is 5.33. The van der Waals surface area contributed by atoms with Gasteiger partial charge in [-0.2, -0.15) is 0 Å². The van der Waals surface area contributed by atoms with Crippen molar-refractivity contribution in [3.63, 3.8) is 0 Å². The fraction of sp³-hybridized carbons (Fsp3) is 0.455. The van der Waals surface area contributed by atoms with Crippen LogP contribution in [0.15, 0.2) is 48.5 Å². The van der Waals surface area contributed by atoms with Gasteiger partial charge in [-0.3, -0.25) is 9.80 Å². The molecule has 1 heterocycles. The first-order valence-electron chi connectivity index (χ1n) is 9.65. The highest BCUT2D eigenvalue weighted by Crippen LogP contribution is 2.23. The molecule has 27 heavy (non-hydrogen) atoms. The third-order valence-corrected chi connectivity index (χ3v) is 5.20. The van der Waals surface area contributed by atoms with E-state index >= 15 is 0 Å². The van der Waals surface area contributed by atoms with Gasteiger partial charge in [0.25, 0.3) is 0 Å². The lowest BCUT2D eigenvalue weighted by Gasteiger charge is -2.38. The molecule has 1 atom stereocenters.